The molecule has 0 aliphatic heterocycles. The summed E-state index contributed by atoms with van der Waals surface area (Å²) in [5.74, 6) is 1.72. The molecular weight excluding hydrogens is 422 g/mol. The van der Waals surface area contributed by atoms with Gasteiger partial charge in [-0.2, -0.15) is 0 Å². The lowest BCUT2D eigenvalue weighted by atomic mass is 9.33. The third kappa shape index (κ3) is 2.72. The van der Waals surface area contributed by atoms with Gasteiger partial charge in [0.2, 0.25) is 0 Å². The minimum atomic E-state index is -0.569. The zero-order valence-corrected chi connectivity index (χ0v) is 22.6. The number of allylic oxidation sites excluding steroid dienone is 2. The molecule has 0 saturated heterocycles. The Labute approximate surface area is 206 Å². The first-order chi connectivity index (χ1) is 15.8. The van der Waals surface area contributed by atoms with Crippen LogP contribution in [-0.4, -0.2) is 22.0 Å². The molecule has 2 N–H and O–H groups in total. The SMILES string of the molecule is C[C@H]1[C@H](C)CC[C@]2(C(=O)O)CC[C@]3(C)C(=CC[C@@H]4[C@@]5(C)CCC(=NO)C(C)(C)[C@@H]5CC[C@]43C)[C@H]12. The molecule has 34 heavy (non-hydrogen) atoms. The monoisotopic (exact) mass is 469 g/mol. The number of oxime groups is 1. The summed E-state index contributed by atoms with van der Waals surface area (Å²) in [5, 5.41) is 24.0. The van der Waals surface area contributed by atoms with Crippen LogP contribution in [0.2, 0.25) is 0 Å². The summed E-state index contributed by atoms with van der Waals surface area (Å²) < 4.78 is 0. The number of rotatable bonds is 1. The molecule has 4 saturated carbocycles. The average molecular weight is 470 g/mol. The van der Waals surface area contributed by atoms with Gasteiger partial charge >= 0.3 is 5.97 Å². The Morgan fingerprint density at radius 1 is 0.971 bits per heavy atom. The molecule has 0 aromatic heterocycles. The Bertz CT molecular complexity index is 951. The van der Waals surface area contributed by atoms with E-state index in [9.17, 15) is 15.1 Å². The number of carboxylic acids is 1. The maximum atomic E-state index is 12.8. The lowest BCUT2D eigenvalue weighted by Gasteiger charge is -2.71. The molecule has 0 heterocycles. The van der Waals surface area contributed by atoms with Crippen molar-refractivity contribution in [3.63, 3.8) is 0 Å². The predicted octanol–water partition coefficient (Wildman–Crippen LogP) is 7.56. The van der Waals surface area contributed by atoms with Gasteiger partial charge < -0.3 is 10.3 Å². The molecule has 5 rings (SSSR count). The van der Waals surface area contributed by atoms with Gasteiger partial charge in [-0.3, -0.25) is 4.79 Å². The van der Waals surface area contributed by atoms with Gasteiger partial charge in [0, 0.05) is 5.41 Å². The van der Waals surface area contributed by atoms with E-state index in [1.54, 1.807) is 0 Å². The molecule has 4 fully saturated rings. The number of carboxylic acid groups (broad SMARTS) is 1. The number of carbonyl (C=O) groups is 1. The molecule has 0 amide bonds. The minimum Gasteiger partial charge on any atom is -0.481 e. The van der Waals surface area contributed by atoms with E-state index in [0.29, 0.717) is 23.7 Å². The van der Waals surface area contributed by atoms with E-state index in [4.69, 9.17) is 0 Å². The predicted molar refractivity (Wildman–Crippen MR) is 136 cm³/mol. The normalized spacial score (nSPS) is 53.1. The van der Waals surface area contributed by atoms with Gasteiger partial charge in [-0.15, -0.1) is 0 Å². The topological polar surface area (TPSA) is 69.9 Å². The van der Waals surface area contributed by atoms with Crippen LogP contribution in [0.5, 0.6) is 0 Å². The third-order valence-electron chi connectivity index (χ3n) is 13.3. The van der Waals surface area contributed by atoms with E-state index < -0.39 is 11.4 Å². The fourth-order valence-corrected chi connectivity index (χ4v) is 10.8. The summed E-state index contributed by atoms with van der Waals surface area (Å²) in [4.78, 5) is 12.8. The van der Waals surface area contributed by atoms with Gasteiger partial charge in [0.05, 0.1) is 11.1 Å². The second kappa shape index (κ2) is 7.35. The smallest absolute Gasteiger partial charge is 0.310 e. The summed E-state index contributed by atoms with van der Waals surface area (Å²) in [6.45, 7) is 16.9. The Morgan fingerprint density at radius 3 is 2.32 bits per heavy atom. The number of fused-ring (bicyclic) bond motifs is 7. The molecule has 0 unspecified atom stereocenters. The largest absolute Gasteiger partial charge is 0.481 e. The Hall–Kier alpha value is -1.32. The lowest BCUT2D eigenvalue weighted by Crippen LogP contribution is -2.65. The van der Waals surface area contributed by atoms with E-state index in [0.717, 1.165) is 50.7 Å². The molecule has 4 heteroatoms. The number of nitrogens with zero attached hydrogens (tertiary/aromatic N) is 1. The molecule has 0 aromatic rings. The summed E-state index contributed by atoms with van der Waals surface area (Å²) >= 11 is 0. The van der Waals surface area contributed by atoms with Crippen LogP contribution in [0.4, 0.5) is 0 Å². The summed E-state index contributed by atoms with van der Waals surface area (Å²) in [6, 6.07) is 0. The van der Waals surface area contributed by atoms with Crippen LogP contribution >= 0.6 is 0 Å². The van der Waals surface area contributed by atoms with Gasteiger partial charge in [-0.1, -0.05) is 65.3 Å². The van der Waals surface area contributed by atoms with Crippen LogP contribution in [0.3, 0.4) is 0 Å². The van der Waals surface area contributed by atoms with Gasteiger partial charge in [-0.05, 0) is 104 Å². The quantitative estimate of drug-likeness (QED) is 0.236. The summed E-state index contributed by atoms with van der Waals surface area (Å²) in [7, 11) is 0. The molecule has 4 nitrogen and oxygen atoms in total. The molecule has 0 bridgehead atoms. The number of hydrogen-bond acceptors (Lipinski definition) is 3. The summed E-state index contributed by atoms with van der Waals surface area (Å²) in [5.41, 5.74) is 2.29. The first-order valence-corrected chi connectivity index (χ1v) is 13.9. The Kier molecular flexibility index (Phi) is 5.27. The van der Waals surface area contributed by atoms with Crippen molar-refractivity contribution in [1.82, 2.24) is 0 Å². The van der Waals surface area contributed by atoms with E-state index >= 15 is 0 Å². The maximum Gasteiger partial charge on any atom is 0.310 e. The minimum absolute atomic E-state index is 0.0638. The molecule has 0 spiro atoms. The summed E-state index contributed by atoms with van der Waals surface area (Å²) in [6.07, 6.45) is 11.7. The fourth-order valence-electron chi connectivity index (χ4n) is 10.8. The average Bonchev–Trinajstić information content (AvgIpc) is 2.76. The van der Waals surface area contributed by atoms with Gasteiger partial charge in [-0.25, -0.2) is 0 Å². The van der Waals surface area contributed by atoms with Gasteiger partial charge in [0.1, 0.15) is 0 Å². The maximum absolute atomic E-state index is 12.8. The van der Waals surface area contributed by atoms with Gasteiger partial charge in [0.25, 0.3) is 0 Å². The highest BCUT2D eigenvalue weighted by Gasteiger charge is 2.69. The van der Waals surface area contributed by atoms with Crippen LogP contribution in [0.15, 0.2) is 16.8 Å². The molecule has 5 aliphatic rings. The zero-order valence-electron chi connectivity index (χ0n) is 22.6. The van der Waals surface area contributed by atoms with Gasteiger partial charge in [0.15, 0.2) is 0 Å². The highest BCUT2D eigenvalue weighted by atomic mass is 16.4. The molecular formula is C30H47NO3. The molecule has 5 aliphatic carbocycles. The molecule has 190 valence electrons. The Balaban J connectivity index is 1.61. The van der Waals surface area contributed by atoms with Crippen molar-refractivity contribution in [3.05, 3.63) is 11.6 Å². The van der Waals surface area contributed by atoms with Crippen molar-refractivity contribution in [1.29, 1.82) is 0 Å². The van der Waals surface area contributed by atoms with Crippen LogP contribution in [0.1, 0.15) is 106 Å². The van der Waals surface area contributed by atoms with Crippen LogP contribution in [0.25, 0.3) is 0 Å². The van der Waals surface area contributed by atoms with E-state index in [2.05, 4.69) is 59.7 Å². The lowest BCUT2D eigenvalue weighted by molar-refractivity contribution is -0.181. The van der Waals surface area contributed by atoms with Crippen LogP contribution in [0, 0.1) is 56.7 Å². The second-order valence-corrected chi connectivity index (χ2v) is 14.4. The van der Waals surface area contributed by atoms with Crippen molar-refractivity contribution in [2.24, 2.45) is 61.8 Å². The first kappa shape index (κ1) is 24.4. The fraction of sp³-hybridized carbons (Fsp3) is 0.867. The molecule has 0 aromatic carbocycles. The van der Waals surface area contributed by atoms with Crippen molar-refractivity contribution in [2.45, 2.75) is 106 Å². The van der Waals surface area contributed by atoms with E-state index in [-0.39, 0.29) is 27.6 Å². The first-order valence-electron chi connectivity index (χ1n) is 13.9. The second-order valence-electron chi connectivity index (χ2n) is 14.4. The van der Waals surface area contributed by atoms with E-state index in [1.807, 2.05) is 0 Å². The van der Waals surface area contributed by atoms with Crippen LogP contribution < -0.4 is 0 Å². The highest BCUT2D eigenvalue weighted by molar-refractivity contribution is 5.90. The number of hydrogen-bond donors (Lipinski definition) is 2. The van der Waals surface area contributed by atoms with Crippen LogP contribution in [-0.2, 0) is 4.79 Å². The molecule has 9 atom stereocenters. The highest BCUT2D eigenvalue weighted by Crippen LogP contribution is 2.75. The number of aliphatic carboxylic acids is 1. The Morgan fingerprint density at radius 2 is 1.68 bits per heavy atom. The third-order valence-corrected chi connectivity index (χ3v) is 13.3. The van der Waals surface area contributed by atoms with Crippen molar-refractivity contribution in [3.8, 4) is 0 Å². The molecule has 0 radical (unpaired) electrons. The van der Waals surface area contributed by atoms with Crippen molar-refractivity contribution in [2.75, 3.05) is 0 Å². The van der Waals surface area contributed by atoms with Crippen molar-refractivity contribution >= 4 is 11.7 Å². The zero-order chi connectivity index (χ0) is 24.9. The standard InChI is InChI=1S/C30H47NO3/c1-18-10-15-30(25(32)33)17-16-28(6)20(24(30)19(18)2)8-9-22-27(5)13-12-23(31-34)26(3,4)21(27)11-14-29(22,28)7/h8,18-19,21-22,24,34H,9-17H2,1-7H3,(H,32,33)/t18-,19+,21+,22-,24+,27+,28-,29-,30+/m1/s1. The van der Waals surface area contributed by atoms with Crippen molar-refractivity contribution < 1.29 is 15.1 Å². The van der Waals surface area contributed by atoms with E-state index in [1.165, 1.54) is 18.4 Å².